The van der Waals surface area contributed by atoms with Gasteiger partial charge >= 0.3 is 0 Å². The number of nitrogens with one attached hydrogen (secondary N) is 1. The van der Waals surface area contributed by atoms with E-state index in [9.17, 15) is 9.18 Å². The van der Waals surface area contributed by atoms with Crippen LogP contribution < -0.4 is 5.32 Å². The molecule has 2 rings (SSSR count). The normalized spacial score (nSPS) is 16.8. The first-order valence-electron chi connectivity index (χ1n) is 5.73. The molecule has 1 saturated heterocycles. The van der Waals surface area contributed by atoms with E-state index in [0.29, 0.717) is 12.5 Å². The van der Waals surface area contributed by atoms with Crippen molar-refractivity contribution in [3.05, 3.63) is 29.8 Å². The van der Waals surface area contributed by atoms with Gasteiger partial charge in [0.05, 0.1) is 11.8 Å². The standard InChI is InChI=1S/C12H15FN2OS/c13-11-8-14-4-1-10(11)12(16)15-7-9-2-5-17-6-3-9/h1,4,8-9H,2-3,5-7H2,(H,15,16). The fraction of sp³-hybridized carbons (Fsp3) is 0.500. The van der Waals surface area contributed by atoms with Gasteiger partial charge in [0.2, 0.25) is 0 Å². The van der Waals surface area contributed by atoms with Crippen molar-refractivity contribution in [1.82, 2.24) is 10.3 Å². The Labute approximate surface area is 104 Å². The number of rotatable bonds is 3. The Morgan fingerprint density at radius 2 is 2.29 bits per heavy atom. The lowest BCUT2D eigenvalue weighted by Gasteiger charge is -2.21. The molecule has 1 amide bonds. The van der Waals surface area contributed by atoms with Crippen LogP contribution >= 0.6 is 11.8 Å². The molecule has 0 saturated carbocycles. The summed E-state index contributed by atoms with van der Waals surface area (Å²) in [7, 11) is 0. The van der Waals surface area contributed by atoms with Crippen LogP contribution in [0.15, 0.2) is 18.5 Å². The number of hydrogen-bond acceptors (Lipinski definition) is 3. The lowest BCUT2D eigenvalue weighted by Crippen LogP contribution is -2.31. The highest BCUT2D eigenvalue weighted by molar-refractivity contribution is 7.99. The summed E-state index contributed by atoms with van der Waals surface area (Å²) in [6.07, 6.45) is 4.74. The number of carbonyl (C=O) groups excluding carboxylic acids is 1. The van der Waals surface area contributed by atoms with E-state index >= 15 is 0 Å². The zero-order valence-corrected chi connectivity index (χ0v) is 10.3. The third kappa shape index (κ3) is 3.43. The van der Waals surface area contributed by atoms with Crippen molar-refractivity contribution in [2.75, 3.05) is 18.1 Å². The van der Waals surface area contributed by atoms with Crippen molar-refractivity contribution in [3.63, 3.8) is 0 Å². The van der Waals surface area contributed by atoms with Gasteiger partial charge in [0, 0.05) is 12.7 Å². The Morgan fingerprint density at radius 1 is 1.53 bits per heavy atom. The van der Waals surface area contributed by atoms with Gasteiger partial charge in [-0.1, -0.05) is 0 Å². The zero-order valence-electron chi connectivity index (χ0n) is 9.49. The van der Waals surface area contributed by atoms with Crippen LogP contribution in [0.2, 0.25) is 0 Å². The smallest absolute Gasteiger partial charge is 0.254 e. The topological polar surface area (TPSA) is 42.0 Å². The van der Waals surface area contributed by atoms with Gasteiger partial charge in [-0.05, 0) is 36.3 Å². The molecule has 0 aliphatic carbocycles. The number of amides is 1. The predicted molar refractivity (Wildman–Crippen MR) is 66.6 cm³/mol. The van der Waals surface area contributed by atoms with Crippen LogP contribution in [0.25, 0.3) is 0 Å². The summed E-state index contributed by atoms with van der Waals surface area (Å²) in [6, 6.07) is 1.40. The van der Waals surface area contributed by atoms with Crippen molar-refractivity contribution in [2.24, 2.45) is 5.92 Å². The molecule has 0 spiro atoms. The number of aromatic nitrogens is 1. The summed E-state index contributed by atoms with van der Waals surface area (Å²) >= 11 is 1.95. The van der Waals surface area contributed by atoms with E-state index in [0.717, 1.165) is 30.5 Å². The number of pyridine rings is 1. The van der Waals surface area contributed by atoms with E-state index < -0.39 is 5.82 Å². The molecule has 0 atom stereocenters. The highest BCUT2D eigenvalue weighted by Crippen LogP contribution is 2.21. The molecule has 92 valence electrons. The van der Waals surface area contributed by atoms with E-state index in [2.05, 4.69) is 10.3 Å². The monoisotopic (exact) mass is 254 g/mol. The molecule has 1 aromatic rings. The first-order chi connectivity index (χ1) is 8.27. The summed E-state index contributed by atoms with van der Waals surface area (Å²) in [5.74, 6) is 1.94. The second-order valence-corrected chi connectivity index (χ2v) is 5.35. The molecule has 5 heteroatoms. The average molecular weight is 254 g/mol. The molecular formula is C12H15FN2OS. The minimum atomic E-state index is -0.566. The third-order valence-electron chi connectivity index (χ3n) is 2.91. The quantitative estimate of drug-likeness (QED) is 0.898. The molecule has 17 heavy (non-hydrogen) atoms. The van der Waals surface area contributed by atoms with Gasteiger partial charge in [-0.3, -0.25) is 9.78 Å². The number of halogens is 1. The Kier molecular flexibility index (Phi) is 4.36. The van der Waals surface area contributed by atoms with Crippen LogP contribution in [0, 0.1) is 11.7 Å². The van der Waals surface area contributed by atoms with Crippen LogP contribution in [0.4, 0.5) is 4.39 Å². The summed E-state index contributed by atoms with van der Waals surface area (Å²) in [6.45, 7) is 0.640. The summed E-state index contributed by atoms with van der Waals surface area (Å²) < 4.78 is 13.3. The Hall–Kier alpha value is -1.10. The van der Waals surface area contributed by atoms with Gasteiger partial charge in [-0.25, -0.2) is 4.39 Å². The molecule has 0 radical (unpaired) electrons. The van der Waals surface area contributed by atoms with Crippen molar-refractivity contribution in [2.45, 2.75) is 12.8 Å². The second-order valence-electron chi connectivity index (χ2n) is 4.12. The Morgan fingerprint density at radius 3 is 3.00 bits per heavy atom. The first kappa shape index (κ1) is 12.4. The van der Waals surface area contributed by atoms with Crippen molar-refractivity contribution < 1.29 is 9.18 Å². The maximum atomic E-state index is 13.3. The molecule has 1 aliphatic rings. The number of thioether (sulfide) groups is 1. The lowest BCUT2D eigenvalue weighted by atomic mass is 10.0. The number of nitrogens with zero attached hydrogens (tertiary/aromatic N) is 1. The minimum Gasteiger partial charge on any atom is -0.352 e. The highest BCUT2D eigenvalue weighted by Gasteiger charge is 2.16. The molecule has 0 aromatic carbocycles. The van der Waals surface area contributed by atoms with Gasteiger partial charge in [-0.2, -0.15) is 11.8 Å². The van der Waals surface area contributed by atoms with Crippen molar-refractivity contribution >= 4 is 17.7 Å². The highest BCUT2D eigenvalue weighted by atomic mass is 32.2. The summed E-state index contributed by atoms with van der Waals surface area (Å²) in [4.78, 5) is 15.3. The van der Waals surface area contributed by atoms with Gasteiger partial charge in [-0.15, -0.1) is 0 Å². The van der Waals surface area contributed by atoms with Crippen LogP contribution in [-0.4, -0.2) is 28.9 Å². The van der Waals surface area contributed by atoms with Crippen molar-refractivity contribution in [1.29, 1.82) is 0 Å². The van der Waals surface area contributed by atoms with Crippen molar-refractivity contribution in [3.8, 4) is 0 Å². The zero-order chi connectivity index (χ0) is 12.1. The van der Waals surface area contributed by atoms with E-state index in [1.165, 1.54) is 12.3 Å². The molecule has 2 heterocycles. The number of hydrogen-bond donors (Lipinski definition) is 1. The largest absolute Gasteiger partial charge is 0.352 e. The summed E-state index contributed by atoms with van der Waals surface area (Å²) in [5.41, 5.74) is 0.0742. The molecular weight excluding hydrogens is 239 g/mol. The van der Waals surface area contributed by atoms with Crippen LogP contribution in [0.1, 0.15) is 23.2 Å². The number of carbonyl (C=O) groups is 1. The van der Waals surface area contributed by atoms with Gasteiger partial charge in [0.1, 0.15) is 0 Å². The van der Waals surface area contributed by atoms with E-state index in [4.69, 9.17) is 0 Å². The maximum absolute atomic E-state index is 13.3. The fourth-order valence-electron chi connectivity index (χ4n) is 1.84. The molecule has 0 unspecified atom stereocenters. The molecule has 1 fully saturated rings. The van der Waals surface area contributed by atoms with Gasteiger partial charge in [0.25, 0.3) is 5.91 Å². The van der Waals surface area contributed by atoms with Gasteiger partial charge < -0.3 is 5.32 Å². The third-order valence-corrected chi connectivity index (χ3v) is 3.96. The minimum absolute atomic E-state index is 0.0742. The first-order valence-corrected chi connectivity index (χ1v) is 6.88. The molecule has 1 N–H and O–H groups in total. The average Bonchev–Trinajstić information content (AvgIpc) is 2.38. The molecule has 1 aliphatic heterocycles. The lowest BCUT2D eigenvalue weighted by molar-refractivity contribution is 0.0942. The second kappa shape index (κ2) is 6.00. The SMILES string of the molecule is O=C(NCC1CCSCC1)c1ccncc1F. The summed E-state index contributed by atoms with van der Waals surface area (Å²) in [5, 5.41) is 2.79. The van der Waals surface area contributed by atoms with Gasteiger partial charge in [0.15, 0.2) is 5.82 Å². The predicted octanol–water partition coefficient (Wildman–Crippen LogP) is 2.09. The van der Waals surface area contributed by atoms with E-state index in [1.807, 2.05) is 11.8 Å². The molecule has 0 bridgehead atoms. The maximum Gasteiger partial charge on any atom is 0.254 e. The Balaban J connectivity index is 1.87. The fourth-order valence-corrected chi connectivity index (χ4v) is 3.05. The van der Waals surface area contributed by atoms with Crippen LogP contribution in [0.3, 0.4) is 0 Å². The Bertz CT molecular complexity index is 394. The molecule has 3 nitrogen and oxygen atoms in total. The van der Waals surface area contributed by atoms with E-state index in [-0.39, 0.29) is 11.5 Å². The molecule has 1 aromatic heterocycles. The van der Waals surface area contributed by atoms with E-state index in [1.54, 1.807) is 0 Å². The van der Waals surface area contributed by atoms with Crippen LogP contribution in [-0.2, 0) is 0 Å². The van der Waals surface area contributed by atoms with Crippen LogP contribution in [0.5, 0.6) is 0 Å².